The number of alkyl halides is 1. The number of piperidine rings is 1. The number of hydrogen-bond donors (Lipinski definition) is 2. The fourth-order valence-electron chi connectivity index (χ4n) is 3.79. The van der Waals surface area contributed by atoms with E-state index in [1.165, 1.54) is 16.7 Å². The number of carbonyl (C=O) groups excluding carboxylic acids is 3. The van der Waals surface area contributed by atoms with E-state index in [1.54, 1.807) is 0 Å². The van der Waals surface area contributed by atoms with Crippen molar-refractivity contribution in [2.24, 2.45) is 0 Å². The van der Waals surface area contributed by atoms with Crippen molar-refractivity contribution >= 4 is 17.7 Å². The third-order valence-corrected chi connectivity index (χ3v) is 5.57. The predicted molar refractivity (Wildman–Crippen MR) is 105 cm³/mol. The van der Waals surface area contributed by atoms with Crippen molar-refractivity contribution in [3.63, 3.8) is 0 Å². The van der Waals surface area contributed by atoms with E-state index in [0.29, 0.717) is 32.4 Å². The number of halogens is 1. The van der Waals surface area contributed by atoms with Crippen LogP contribution in [0.1, 0.15) is 31.7 Å². The van der Waals surface area contributed by atoms with Crippen LogP contribution in [-0.4, -0.2) is 76.6 Å². The Morgan fingerprint density at radius 1 is 1.21 bits per heavy atom. The highest BCUT2D eigenvalue weighted by Gasteiger charge is 2.42. The molecule has 4 unspecified atom stereocenters. The van der Waals surface area contributed by atoms with E-state index in [2.05, 4.69) is 5.32 Å². The molecule has 2 aliphatic rings. The van der Waals surface area contributed by atoms with Gasteiger partial charge in [0, 0.05) is 19.5 Å². The summed E-state index contributed by atoms with van der Waals surface area (Å²) in [5, 5.41) is 12.6. The minimum absolute atomic E-state index is 0.0787. The second kappa shape index (κ2) is 9.35. The molecule has 3 amide bonds. The van der Waals surface area contributed by atoms with Crippen molar-refractivity contribution in [2.75, 3.05) is 19.6 Å². The Morgan fingerprint density at radius 2 is 1.93 bits per heavy atom. The molecule has 1 aromatic rings. The van der Waals surface area contributed by atoms with E-state index in [9.17, 15) is 23.9 Å². The SMILES string of the molecule is CC(NC(=O)C(O)Cc1ccccc1)C(=O)N1CCC1C(=O)N1CCCC(F)C1. The van der Waals surface area contributed by atoms with Gasteiger partial charge in [-0.15, -0.1) is 0 Å². The van der Waals surface area contributed by atoms with Crippen molar-refractivity contribution in [1.82, 2.24) is 15.1 Å². The normalized spacial score (nSPS) is 23.7. The summed E-state index contributed by atoms with van der Waals surface area (Å²) in [6.45, 7) is 2.55. The Morgan fingerprint density at radius 3 is 2.55 bits per heavy atom. The molecule has 0 spiro atoms. The van der Waals surface area contributed by atoms with Crippen LogP contribution in [0.4, 0.5) is 4.39 Å². The Bertz CT molecular complexity index is 745. The maximum absolute atomic E-state index is 13.6. The van der Waals surface area contributed by atoms with E-state index in [-0.39, 0.29) is 24.8 Å². The minimum atomic E-state index is -1.27. The van der Waals surface area contributed by atoms with Crippen molar-refractivity contribution in [3.8, 4) is 0 Å². The molecule has 0 aromatic heterocycles. The zero-order valence-electron chi connectivity index (χ0n) is 16.6. The Hall–Kier alpha value is -2.48. The van der Waals surface area contributed by atoms with Gasteiger partial charge in [-0.25, -0.2) is 4.39 Å². The van der Waals surface area contributed by atoms with Gasteiger partial charge in [-0.2, -0.15) is 0 Å². The lowest BCUT2D eigenvalue weighted by Crippen LogP contribution is -2.63. The summed E-state index contributed by atoms with van der Waals surface area (Å²) < 4.78 is 13.6. The van der Waals surface area contributed by atoms with Crippen LogP contribution in [0.2, 0.25) is 0 Å². The molecule has 0 bridgehead atoms. The maximum Gasteiger partial charge on any atom is 0.249 e. The second-order valence-corrected chi connectivity index (χ2v) is 7.80. The highest BCUT2D eigenvalue weighted by Crippen LogP contribution is 2.23. The first-order chi connectivity index (χ1) is 13.9. The zero-order valence-corrected chi connectivity index (χ0v) is 16.6. The molecule has 0 aliphatic carbocycles. The molecule has 7 nitrogen and oxygen atoms in total. The van der Waals surface area contributed by atoms with Crippen LogP contribution in [0.3, 0.4) is 0 Å². The van der Waals surface area contributed by atoms with Crippen LogP contribution in [0.15, 0.2) is 30.3 Å². The first-order valence-corrected chi connectivity index (χ1v) is 10.1. The van der Waals surface area contributed by atoms with Crippen LogP contribution in [0.5, 0.6) is 0 Å². The highest BCUT2D eigenvalue weighted by atomic mass is 19.1. The van der Waals surface area contributed by atoms with Gasteiger partial charge in [0.25, 0.3) is 0 Å². The summed E-state index contributed by atoms with van der Waals surface area (Å²) in [5.74, 6) is -1.23. The average molecular weight is 405 g/mol. The molecule has 2 heterocycles. The summed E-state index contributed by atoms with van der Waals surface area (Å²) in [4.78, 5) is 40.5. The first-order valence-electron chi connectivity index (χ1n) is 10.1. The summed E-state index contributed by atoms with van der Waals surface area (Å²) in [6.07, 6.45) is -0.504. The van der Waals surface area contributed by atoms with Crippen molar-refractivity contribution in [1.29, 1.82) is 0 Å². The van der Waals surface area contributed by atoms with Crippen LogP contribution >= 0.6 is 0 Å². The van der Waals surface area contributed by atoms with Gasteiger partial charge in [0.2, 0.25) is 17.7 Å². The Balaban J connectivity index is 1.51. The molecule has 0 saturated carbocycles. The molecule has 3 rings (SSSR count). The van der Waals surface area contributed by atoms with Gasteiger partial charge in [-0.1, -0.05) is 30.3 Å². The number of likely N-dealkylation sites (tertiary alicyclic amines) is 2. The lowest BCUT2D eigenvalue weighted by atomic mass is 9.98. The number of amides is 3. The fraction of sp³-hybridized carbons (Fsp3) is 0.571. The van der Waals surface area contributed by atoms with Gasteiger partial charge in [0.05, 0.1) is 6.54 Å². The zero-order chi connectivity index (χ0) is 21.0. The molecule has 29 heavy (non-hydrogen) atoms. The largest absolute Gasteiger partial charge is 0.383 e. The van der Waals surface area contributed by atoms with E-state index in [4.69, 9.17) is 0 Å². The summed E-state index contributed by atoms with van der Waals surface area (Å²) in [5.41, 5.74) is 0.815. The van der Waals surface area contributed by atoms with Gasteiger partial charge in [0.15, 0.2) is 0 Å². The van der Waals surface area contributed by atoms with Gasteiger partial charge in [0.1, 0.15) is 24.4 Å². The van der Waals surface area contributed by atoms with Crippen LogP contribution in [-0.2, 0) is 20.8 Å². The average Bonchev–Trinajstić information content (AvgIpc) is 2.67. The van der Waals surface area contributed by atoms with Gasteiger partial charge >= 0.3 is 0 Å². The predicted octanol–water partition coefficient (Wildman–Crippen LogP) is 0.656. The quantitative estimate of drug-likeness (QED) is 0.728. The molecule has 1 aromatic carbocycles. The number of rotatable bonds is 6. The molecular formula is C21H28FN3O4. The molecule has 158 valence electrons. The highest BCUT2D eigenvalue weighted by molar-refractivity contribution is 5.93. The third-order valence-electron chi connectivity index (χ3n) is 5.57. The molecule has 0 radical (unpaired) electrons. The molecule has 2 N–H and O–H groups in total. The number of nitrogens with one attached hydrogen (secondary N) is 1. The molecular weight excluding hydrogens is 377 g/mol. The number of nitrogens with zero attached hydrogens (tertiary/aromatic N) is 2. The molecule has 4 atom stereocenters. The molecule has 2 aliphatic heterocycles. The lowest BCUT2D eigenvalue weighted by molar-refractivity contribution is -0.155. The Labute approximate surface area is 169 Å². The third kappa shape index (κ3) is 5.12. The second-order valence-electron chi connectivity index (χ2n) is 7.80. The summed E-state index contributed by atoms with van der Waals surface area (Å²) in [6, 6.07) is 7.65. The molecule has 2 fully saturated rings. The Kier molecular flexibility index (Phi) is 6.84. The molecule has 8 heteroatoms. The summed E-state index contributed by atoms with van der Waals surface area (Å²) >= 11 is 0. The molecule has 2 saturated heterocycles. The lowest BCUT2D eigenvalue weighted by Gasteiger charge is -2.44. The monoisotopic (exact) mass is 405 g/mol. The van der Waals surface area contributed by atoms with E-state index in [0.717, 1.165) is 5.56 Å². The number of aliphatic hydroxyl groups is 1. The van der Waals surface area contributed by atoms with Crippen molar-refractivity contribution in [3.05, 3.63) is 35.9 Å². The number of aliphatic hydroxyl groups excluding tert-OH is 1. The van der Waals surface area contributed by atoms with Gasteiger partial charge in [-0.3, -0.25) is 14.4 Å². The smallest absolute Gasteiger partial charge is 0.249 e. The van der Waals surface area contributed by atoms with Gasteiger partial charge < -0.3 is 20.2 Å². The fourth-order valence-corrected chi connectivity index (χ4v) is 3.79. The van der Waals surface area contributed by atoms with Crippen LogP contribution in [0, 0.1) is 0 Å². The van der Waals surface area contributed by atoms with E-state index >= 15 is 0 Å². The minimum Gasteiger partial charge on any atom is -0.383 e. The standard InChI is InChI=1S/C21H28FN3O4/c1-14(23-19(27)18(26)12-15-6-3-2-4-7-15)20(28)25-11-9-17(25)21(29)24-10-5-8-16(22)13-24/h2-4,6-7,14,16-18,26H,5,8-13H2,1H3,(H,23,27). The number of benzene rings is 1. The van der Waals surface area contributed by atoms with Crippen molar-refractivity contribution in [2.45, 2.75) is 57.0 Å². The maximum atomic E-state index is 13.6. The van der Waals surface area contributed by atoms with Crippen LogP contribution < -0.4 is 5.32 Å². The summed E-state index contributed by atoms with van der Waals surface area (Å²) in [7, 11) is 0. The van der Waals surface area contributed by atoms with E-state index < -0.39 is 30.3 Å². The van der Waals surface area contributed by atoms with Gasteiger partial charge in [-0.05, 0) is 31.7 Å². The number of carbonyl (C=O) groups is 3. The van der Waals surface area contributed by atoms with Crippen LogP contribution in [0.25, 0.3) is 0 Å². The topological polar surface area (TPSA) is 90.0 Å². The van der Waals surface area contributed by atoms with Crippen molar-refractivity contribution < 1.29 is 23.9 Å². The number of hydrogen-bond acceptors (Lipinski definition) is 4. The first kappa shape index (κ1) is 21.2. The van der Waals surface area contributed by atoms with E-state index in [1.807, 2.05) is 30.3 Å².